The summed E-state index contributed by atoms with van der Waals surface area (Å²) in [7, 11) is -7.91. The minimum atomic E-state index is -3.96. The maximum Gasteiger partial charge on any atom is 0.265 e. The molecule has 0 saturated carbocycles. The van der Waals surface area contributed by atoms with Gasteiger partial charge < -0.3 is 0 Å². The van der Waals surface area contributed by atoms with Crippen LogP contribution in [0.5, 0.6) is 0 Å². The van der Waals surface area contributed by atoms with Gasteiger partial charge in [-0.1, -0.05) is 107 Å². The average molecular weight is 603 g/mol. The highest BCUT2D eigenvalue weighted by molar-refractivity contribution is 7.93. The number of benzene rings is 4. The van der Waals surface area contributed by atoms with Crippen LogP contribution in [0.15, 0.2) is 131 Å². The summed E-state index contributed by atoms with van der Waals surface area (Å²) >= 11 is 1.13. The lowest BCUT2D eigenvalue weighted by atomic mass is 10.2. The summed E-state index contributed by atoms with van der Waals surface area (Å²) in [6.07, 6.45) is 0. The van der Waals surface area contributed by atoms with Crippen LogP contribution in [0.4, 0.5) is 10.0 Å². The van der Waals surface area contributed by atoms with E-state index in [-0.39, 0.29) is 22.9 Å². The zero-order valence-electron chi connectivity index (χ0n) is 22.7. The standard InChI is InChI=1S/C32H30N2O4S3/c1-25-13-17-29(18-14-25)40(35,36)33(23-27-9-5-3-6-10-27)31-21-22-32(39-31)34(24-28-11-7-4-8-12-28)41(37,38)30-19-15-26(2)16-20-30/h3-22H,23-24H2,1-2H3. The Morgan fingerprint density at radius 2 is 0.829 bits per heavy atom. The van der Waals surface area contributed by atoms with Crippen molar-refractivity contribution in [3.63, 3.8) is 0 Å². The normalized spacial score (nSPS) is 11.8. The summed E-state index contributed by atoms with van der Waals surface area (Å²) < 4.78 is 58.6. The Bertz CT molecular complexity index is 1680. The Kier molecular flexibility index (Phi) is 8.30. The van der Waals surface area contributed by atoms with Crippen LogP contribution in [0, 0.1) is 13.8 Å². The second kappa shape index (κ2) is 11.9. The third kappa shape index (κ3) is 6.37. The van der Waals surface area contributed by atoms with Gasteiger partial charge in [0.1, 0.15) is 10.0 Å². The first-order valence-corrected chi connectivity index (χ1v) is 16.7. The zero-order valence-corrected chi connectivity index (χ0v) is 25.2. The van der Waals surface area contributed by atoms with Gasteiger partial charge in [0.15, 0.2) is 0 Å². The first-order chi connectivity index (χ1) is 19.6. The van der Waals surface area contributed by atoms with E-state index in [1.807, 2.05) is 74.5 Å². The molecule has 1 aromatic heterocycles. The van der Waals surface area contributed by atoms with Gasteiger partial charge in [0.2, 0.25) is 0 Å². The molecule has 0 fully saturated rings. The number of nitrogens with zero attached hydrogens (tertiary/aromatic N) is 2. The Morgan fingerprint density at radius 1 is 0.488 bits per heavy atom. The molecule has 0 saturated heterocycles. The van der Waals surface area contributed by atoms with E-state index in [9.17, 15) is 16.8 Å². The largest absolute Gasteiger partial charge is 0.265 e. The maximum atomic E-state index is 14.0. The van der Waals surface area contributed by atoms with E-state index in [2.05, 4.69) is 0 Å². The molecule has 0 radical (unpaired) electrons. The van der Waals surface area contributed by atoms with Crippen LogP contribution < -0.4 is 8.61 Å². The third-order valence-corrected chi connectivity index (χ3v) is 11.5. The van der Waals surface area contributed by atoms with Crippen LogP contribution in [0.3, 0.4) is 0 Å². The van der Waals surface area contributed by atoms with E-state index >= 15 is 0 Å². The fourth-order valence-corrected chi connectivity index (χ4v) is 8.66. The summed E-state index contributed by atoms with van der Waals surface area (Å²) in [5.41, 5.74) is 3.53. The third-order valence-electron chi connectivity index (χ3n) is 6.63. The summed E-state index contributed by atoms with van der Waals surface area (Å²) in [5.74, 6) is 0. The molecule has 9 heteroatoms. The van der Waals surface area contributed by atoms with E-state index in [0.29, 0.717) is 10.0 Å². The van der Waals surface area contributed by atoms with Gasteiger partial charge >= 0.3 is 0 Å². The molecule has 41 heavy (non-hydrogen) atoms. The lowest BCUT2D eigenvalue weighted by Crippen LogP contribution is -2.30. The molecule has 1 heterocycles. The highest BCUT2D eigenvalue weighted by Gasteiger charge is 2.30. The Morgan fingerprint density at radius 3 is 1.17 bits per heavy atom. The molecule has 6 nitrogen and oxygen atoms in total. The van der Waals surface area contributed by atoms with E-state index < -0.39 is 20.0 Å². The Hall–Kier alpha value is -3.92. The molecule has 0 aliphatic heterocycles. The van der Waals surface area contributed by atoms with Gasteiger partial charge in [-0.25, -0.2) is 16.8 Å². The SMILES string of the molecule is Cc1ccc(S(=O)(=O)N(Cc2ccccc2)c2ccc(N(Cc3ccccc3)S(=O)(=O)c3ccc(C)cc3)s2)cc1. The first-order valence-electron chi connectivity index (χ1n) is 13.0. The van der Waals surface area contributed by atoms with Crippen molar-refractivity contribution in [3.05, 3.63) is 144 Å². The molecule has 5 aromatic rings. The van der Waals surface area contributed by atoms with Crippen molar-refractivity contribution in [2.45, 2.75) is 36.7 Å². The van der Waals surface area contributed by atoms with E-state index in [4.69, 9.17) is 0 Å². The van der Waals surface area contributed by atoms with Crippen molar-refractivity contribution < 1.29 is 16.8 Å². The second-order valence-electron chi connectivity index (χ2n) is 9.73. The molecule has 0 atom stereocenters. The van der Waals surface area contributed by atoms with Crippen LogP contribution in [0.1, 0.15) is 22.3 Å². The molecule has 5 rings (SSSR count). The van der Waals surface area contributed by atoms with Gasteiger partial charge in [0.25, 0.3) is 20.0 Å². The van der Waals surface area contributed by atoms with Crippen molar-refractivity contribution in [1.82, 2.24) is 0 Å². The molecular formula is C32H30N2O4S3. The Labute approximate surface area is 246 Å². The number of sulfonamides is 2. The highest BCUT2D eigenvalue weighted by atomic mass is 32.2. The number of hydrogen-bond acceptors (Lipinski definition) is 5. The zero-order chi connectivity index (χ0) is 29.0. The number of thiophene rings is 1. The topological polar surface area (TPSA) is 74.8 Å². The second-order valence-corrected chi connectivity index (χ2v) is 14.5. The predicted molar refractivity (Wildman–Crippen MR) is 166 cm³/mol. The lowest BCUT2D eigenvalue weighted by Gasteiger charge is -2.25. The molecule has 0 amide bonds. The molecule has 0 aliphatic rings. The number of anilines is 2. The van der Waals surface area contributed by atoms with Gasteiger partial charge in [-0.2, -0.15) is 0 Å². The van der Waals surface area contributed by atoms with Crippen molar-refractivity contribution in [2.24, 2.45) is 0 Å². The highest BCUT2D eigenvalue weighted by Crippen LogP contribution is 2.39. The van der Waals surface area contributed by atoms with E-state index in [1.165, 1.54) is 8.61 Å². The number of aryl methyl sites for hydroxylation is 2. The van der Waals surface area contributed by atoms with Crippen LogP contribution in [0.25, 0.3) is 0 Å². The molecule has 0 unspecified atom stereocenters. The minimum absolute atomic E-state index is 0.0976. The van der Waals surface area contributed by atoms with E-state index in [1.54, 1.807) is 60.7 Å². The van der Waals surface area contributed by atoms with Gasteiger partial charge in [0.05, 0.1) is 22.9 Å². The van der Waals surface area contributed by atoms with Gasteiger partial charge in [-0.15, -0.1) is 0 Å². The molecule has 0 spiro atoms. The molecule has 0 N–H and O–H groups in total. The van der Waals surface area contributed by atoms with Crippen molar-refractivity contribution in [3.8, 4) is 0 Å². The summed E-state index contributed by atoms with van der Waals surface area (Å²) in [4.78, 5) is 0.338. The van der Waals surface area contributed by atoms with Crippen molar-refractivity contribution in [2.75, 3.05) is 8.61 Å². The monoisotopic (exact) mass is 602 g/mol. The van der Waals surface area contributed by atoms with Crippen molar-refractivity contribution in [1.29, 1.82) is 0 Å². The van der Waals surface area contributed by atoms with Gasteiger partial charge in [-0.3, -0.25) is 8.61 Å². The molecule has 0 aliphatic carbocycles. The maximum absolute atomic E-state index is 14.0. The van der Waals surface area contributed by atoms with Crippen LogP contribution in [-0.4, -0.2) is 16.8 Å². The van der Waals surface area contributed by atoms with Crippen LogP contribution in [0.2, 0.25) is 0 Å². The summed E-state index contributed by atoms with van der Waals surface area (Å²) in [6.45, 7) is 4.00. The number of rotatable bonds is 10. The van der Waals surface area contributed by atoms with Crippen LogP contribution in [-0.2, 0) is 33.1 Å². The fraction of sp³-hybridized carbons (Fsp3) is 0.125. The van der Waals surface area contributed by atoms with Crippen LogP contribution >= 0.6 is 11.3 Å². The number of hydrogen-bond donors (Lipinski definition) is 0. The Balaban J connectivity index is 1.59. The quantitative estimate of drug-likeness (QED) is 0.170. The predicted octanol–water partition coefficient (Wildman–Crippen LogP) is 7.16. The minimum Gasteiger partial charge on any atom is -0.253 e. The molecule has 4 aromatic carbocycles. The first kappa shape index (κ1) is 28.6. The summed E-state index contributed by atoms with van der Waals surface area (Å²) in [6, 6.07) is 35.5. The average Bonchev–Trinajstić information content (AvgIpc) is 3.45. The summed E-state index contributed by atoms with van der Waals surface area (Å²) in [5, 5.41) is 0.836. The van der Waals surface area contributed by atoms with E-state index in [0.717, 1.165) is 33.6 Å². The molecule has 210 valence electrons. The lowest BCUT2D eigenvalue weighted by molar-refractivity contribution is 0.589. The van der Waals surface area contributed by atoms with Gasteiger partial charge in [-0.05, 0) is 61.4 Å². The smallest absolute Gasteiger partial charge is 0.253 e. The van der Waals surface area contributed by atoms with Crippen molar-refractivity contribution >= 4 is 41.4 Å². The molecular weight excluding hydrogens is 573 g/mol. The fourth-order valence-electron chi connectivity index (χ4n) is 4.32. The van der Waals surface area contributed by atoms with Gasteiger partial charge in [0, 0.05) is 0 Å². The molecule has 0 bridgehead atoms.